The van der Waals surface area contributed by atoms with Gasteiger partial charge in [0.1, 0.15) is 0 Å². The van der Waals surface area contributed by atoms with Gasteiger partial charge in [-0.3, -0.25) is 0 Å². The third kappa shape index (κ3) is 5.21. The average molecular weight is 475 g/mol. The second-order valence-corrected chi connectivity index (χ2v) is 13.2. The number of carbonyl (C=O) groups is 1. The first kappa shape index (κ1) is 23.7. The molecule has 0 bridgehead atoms. The maximum atomic E-state index is 12.5. The van der Waals surface area contributed by atoms with Crippen molar-refractivity contribution in [3.63, 3.8) is 0 Å². The fourth-order valence-corrected chi connectivity index (χ4v) is 9.52. The molecule has 0 fully saturated rings. The van der Waals surface area contributed by atoms with E-state index < -0.39 is 19.0 Å². The van der Waals surface area contributed by atoms with E-state index in [1.54, 1.807) is 0 Å². The molecule has 0 amide bonds. The molecule has 1 N–H and O–H groups in total. The molecule has 0 aliphatic carbocycles. The zero-order valence-corrected chi connectivity index (χ0v) is 20.6. The molecule has 6 heteroatoms. The van der Waals surface area contributed by atoms with Crippen LogP contribution in [0.25, 0.3) is 0 Å². The topological polar surface area (TPSA) is 64.1 Å². The van der Waals surface area contributed by atoms with E-state index in [0.717, 1.165) is 17.3 Å². The van der Waals surface area contributed by atoms with Crippen molar-refractivity contribution >= 4 is 29.3 Å². The Morgan fingerprint density at radius 3 is 1.71 bits per heavy atom. The first-order chi connectivity index (χ1) is 16.4. The summed E-state index contributed by atoms with van der Waals surface area (Å²) in [4.78, 5) is 23.8. The quantitative estimate of drug-likeness (QED) is 0.384. The van der Waals surface area contributed by atoms with Gasteiger partial charge >= 0.3 is 201 Å². The van der Waals surface area contributed by atoms with Gasteiger partial charge < -0.3 is 0 Å². The van der Waals surface area contributed by atoms with E-state index in [9.17, 15) is 9.59 Å². The molecule has 0 saturated heterocycles. The second kappa shape index (κ2) is 10.2. The molecule has 1 aromatic heterocycles. The van der Waals surface area contributed by atoms with Crippen LogP contribution in [0, 0.1) is 0 Å². The summed E-state index contributed by atoms with van der Waals surface area (Å²) in [6, 6.07) is 33.7. The predicted molar refractivity (Wildman–Crippen MR) is 142 cm³/mol. The van der Waals surface area contributed by atoms with Crippen LogP contribution in [0.1, 0.15) is 26.7 Å². The van der Waals surface area contributed by atoms with Crippen molar-refractivity contribution in [2.24, 2.45) is 0 Å². The van der Waals surface area contributed by atoms with Crippen molar-refractivity contribution in [3.8, 4) is 0 Å². The fourth-order valence-electron chi connectivity index (χ4n) is 4.66. The van der Waals surface area contributed by atoms with Gasteiger partial charge in [0.15, 0.2) is 0 Å². The molecule has 0 spiro atoms. The van der Waals surface area contributed by atoms with Gasteiger partial charge in [0.25, 0.3) is 0 Å². The molecule has 4 rings (SSSR count). The molecular formula is C28H31N2O3P. The number of benzene rings is 3. The van der Waals surface area contributed by atoms with E-state index in [2.05, 4.69) is 96.1 Å². The molecule has 0 atom stereocenters. The number of ether oxygens (including phenoxy) is 1. The Morgan fingerprint density at radius 2 is 1.29 bits per heavy atom. The van der Waals surface area contributed by atoms with Crippen LogP contribution in [0.3, 0.4) is 0 Å². The minimum absolute atomic E-state index is 0.334. The molecule has 3 aromatic carbocycles. The normalized spacial score (nSPS) is 12.3. The number of rotatable bonds is 8. The van der Waals surface area contributed by atoms with Crippen LogP contribution in [0.15, 0.2) is 108 Å². The molecule has 0 unspecified atom stereocenters. The Labute approximate surface area is 200 Å². The number of nitrogens with one attached hydrogen (secondary N) is 1. The minimum atomic E-state index is -2.32. The first-order valence-corrected chi connectivity index (χ1v) is 13.8. The second-order valence-electron chi connectivity index (χ2n) is 9.15. The van der Waals surface area contributed by atoms with Gasteiger partial charge in [-0.05, 0) is 0 Å². The van der Waals surface area contributed by atoms with E-state index >= 15 is 0 Å². The Kier molecular flexibility index (Phi) is 7.14. The first-order valence-electron chi connectivity index (χ1n) is 11.6. The van der Waals surface area contributed by atoms with Crippen molar-refractivity contribution < 1.29 is 9.53 Å². The molecule has 0 aliphatic heterocycles. The van der Waals surface area contributed by atoms with Crippen LogP contribution in [-0.4, -0.2) is 27.6 Å². The molecule has 1 heterocycles. The summed E-state index contributed by atoms with van der Waals surface area (Å²) in [6.45, 7) is 3.84. The van der Waals surface area contributed by atoms with Crippen molar-refractivity contribution in [3.05, 3.63) is 114 Å². The zero-order valence-electron chi connectivity index (χ0n) is 19.6. The van der Waals surface area contributed by atoms with Gasteiger partial charge in [0.05, 0.1) is 0 Å². The number of nitrogens with zero attached hydrogens (tertiary/aromatic N) is 1. The number of H-pyrrole nitrogens is 1. The molecule has 34 heavy (non-hydrogen) atoms. The number of hydrogen-bond donors (Lipinski definition) is 1. The number of aromatic nitrogens is 2. The SMILES string of the molecule is CC(C)(CCC[PH](c1ccccc1)(c1ccccc1)c1ccccc1)OC(=O)n1ccc(=O)[nH]1. The van der Waals surface area contributed by atoms with Gasteiger partial charge in [-0.1, -0.05) is 0 Å². The van der Waals surface area contributed by atoms with Crippen molar-refractivity contribution in [1.29, 1.82) is 0 Å². The van der Waals surface area contributed by atoms with Gasteiger partial charge in [0, 0.05) is 0 Å². The Morgan fingerprint density at radius 1 is 0.824 bits per heavy atom. The third-order valence-corrected chi connectivity index (χ3v) is 11.4. The summed E-state index contributed by atoms with van der Waals surface area (Å²) >= 11 is 0. The standard InChI is InChI=1S/C28H31N2O3P/c1-28(2,33-27(32)30-21-19-26(31)29-30)20-12-22-34(23-13-6-3-7-14-23,24-15-8-4-9-16-24)25-17-10-5-11-18-25/h3-11,13-19,21,34H,12,20,22H2,1-2H3,(H,29,31). The average Bonchev–Trinajstić information content (AvgIpc) is 3.30. The van der Waals surface area contributed by atoms with Gasteiger partial charge in [-0.25, -0.2) is 0 Å². The Balaban J connectivity index is 1.63. The molecule has 5 nitrogen and oxygen atoms in total. The van der Waals surface area contributed by atoms with Gasteiger partial charge in [-0.15, -0.1) is 0 Å². The van der Waals surface area contributed by atoms with Crippen LogP contribution in [0.4, 0.5) is 4.79 Å². The van der Waals surface area contributed by atoms with Gasteiger partial charge in [-0.2, -0.15) is 0 Å². The fraction of sp³-hybridized carbons (Fsp3) is 0.214. The van der Waals surface area contributed by atoms with Crippen molar-refractivity contribution in [2.45, 2.75) is 32.3 Å². The van der Waals surface area contributed by atoms with E-state index in [4.69, 9.17) is 4.74 Å². The Bertz CT molecular complexity index is 1170. The summed E-state index contributed by atoms with van der Waals surface area (Å²) in [5.74, 6) is 0. The van der Waals surface area contributed by atoms with E-state index in [0.29, 0.717) is 6.42 Å². The van der Waals surface area contributed by atoms with Crippen LogP contribution < -0.4 is 21.5 Å². The summed E-state index contributed by atoms with van der Waals surface area (Å²) in [7, 11) is -2.32. The van der Waals surface area contributed by atoms with E-state index in [-0.39, 0.29) is 5.56 Å². The number of carbonyl (C=O) groups excluding carboxylic acids is 1. The summed E-state index contributed by atoms with van der Waals surface area (Å²) in [5, 5.41) is 6.54. The number of hydrogen-bond acceptors (Lipinski definition) is 3. The predicted octanol–water partition coefficient (Wildman–Crippen LogP) is 4.45. The van der Waals surface area contributed by atoms with Crippen molar-refractivity contribution in [2.75, 3.05) is 6.16 Å². The zero-order chi connectivity index (χ0) is 24.0. The summed E-state index contributed by atoms with van der Waals surface area (Å²) in [6.07, 6.45) is 3.37. The van der Waals surface area contributed by atoms with E-state index in [1.165, 1.54) is 28.2 Å². The molecule has 0 radical (unpaired) electrons. The molecule has 0 aliphatic rings. The monoisotopic (exact) mass is 474 g/mol. The number of aromatic amines is 1. The van der Waals surface area contributed by atoms with Crippen LogP contribution in [-0.2, 0) is 4.74 Å². The maximum absolute atomic E-state index is 12.5. The van der Waals surface area contributed by atoms with Crippen LogP contribution in [0.2, 0.25) is 0 Å². The summed E-state index contributed by atoms with van der Waals surface area (Å²) in [5.41, 5.74) is -1.01. The van der Waals surface area contributed by atoms with Gasteiger partial charge in [0.2, 0.25) is 0 Å². The molecule has 0 saturated carbocycles. The van der Waals surface area contributed by atoms with Crippen LogP contribution >= 0.6 is 7.26 Å². The third-order valence-electron chi connectivity index (χ3n) is 6.30. The van der Waals surface area contributed by atoms with Crippen LogP contribution in [0.5, 0.6) is 0 Å². The van der Waals surface area contributed by atoms with E-state index in [1.807, 2.05) is 13.8 Å². The molecule has 176 valence electrons. The molecule has 4 aromatic rings. The summed E-state index contributed by atoms with van der Waals surface area (Å²) < 4.78 is 6.82. The molecular weight excluding hydrogens is 443 g/mol. The van der Waals surface area contributed by atoms with Crippen molar-refractivity contribution in [1.82, 2.24) is 9.78 Å². The Hall–Kier alpha value is -3.43.